The van der Waals surface area contributed by atoms with Crippen molar-refractivity contribution in [3.05, 3.63) is 130 Å². The lowest BCUT2D eigenvalue weighted by molar-refractivity contribution is -0.926. The lowest BCUT2D eigenvalue weighted by atomic mass is 9.83. The summed E-state index contributed by atoms with van der Waals surface area (Å²) >= 11 is 0. The van der Waals surface area contributed by atoms with Crippen molar-refractivity contribution in [2.75, 3.05) is 81.9 Å². The molecule has 0 amide bonds. The summed E-state index contributed by atoms with van der Waals surface area (Å²) in [4.78, 5) is 25.2. The molecule has 2 aliphatic heterocycles. The maximum absolute atomic E-state index is 14.1. The first-order chi connectivity index (χ1) is 30.8. The van der Waals surface area contributed by atoms with Crippen LogP contribution in [0.5, 0.6) is 23.0 Å². The highest BCUT2D eigenvalue weighted by Gasteiger charge is 2.38. The number of quaternary nitrogens is 2. The lowest BCUT2D eigenvalue weighted by Gasteiger charge is -2.43. The van der Waals surface area contributed by atoms with Crippen molar-refractivity contribution in [1.82, 2.24) is 0 Å². The van der Waals surface area contributed by atoms with E-state index in [1.54, 1.807) is 52.7 Å². The quantitative estimate of drug-likeness (QED) is 0.0334. The van der Waals surface area contributed by atoms with Gasteiger partial charge in [-0.05, 0) is 96.5 Å². The predicted molar refractivity (Wildman–Crippen MR) is 243 cm³/mol. The largest absolute Gasteiger partial charge is 0.493 e. The van der Waals surface area contributed by atoms with Gasteiger partial charge in [0.1, 0.15) is 24.7 Å². The van der Waals surface area contributed by atoms with Gasteiger partial charge in [-0.25, -0.2) is 8.78 Å². The average molecular weight is 885 g/mol. The van der Waals surface area contributed by atoms with Crippen LogP contribution in [-0.4, -0.2) is 103 Å². The SMILES string of the molecule is COc1cc2c(cc1OC)[C@@H](Cc1cccc(F)c1)C[N@@+](C)(CCCOC(=O)CC/C=C/CCC(=O)OCCC[N@+]1(C)Cc3cc(OC)c(OC)cc3[C@@H](Cc3cccc(F)c3)C1)C2. The molecule has 12 heteroatoms. The van der Waals surface area contributed by atoms with Gasteiger partial charge in [0, 0.05) is 48.6 Å². The van der Waals surface area contributed by atoms with E-state index in [1.165, 1.54) is 34.4 Å². The summed E-state index contributed by atoms with van der Waals surface area (Å²) in [5, 5.41) is 0. The van der Waals surface area contributed by atoms with Gasteiger partial charge in [-0.1, -0.05) is 36.4 Å². The predicted octanol–water partition coefficient (Wildman–Crippen LogP) is 9.26. The maximum Gasteiger partial charge on any atom is 0.306 e. The Morgan fingerprint density at radius 3 is 1.36 bits per heavy atom. The number of carbonyl (C=O) groups excluding carboxylic acids is 2. The molecule has 344 valence electrons. The van der Waals surface area contributed by atoms with Gasteiger partial charge >= 0.3 is 11.9 Å². The second-order valence-corrected chi connectivity index (χ2v) is 17.9. The fourth-order valence-corrected chi connectivity index (χ4v) is 9.75. The summed E-state index contributed by atoms with van der Waals surface area (Å²) in [7, 11) is 11.0. The van der Waals surface area contributed by atoms with E-state index in [-0.39, 0.29) is 48.3 Å². The number of hydrogen-bond acceptors (Lipinski definition) is 8. The Kier molecular flexibility index (Phi) is 16.8. The zero-order chi connectivity index (χ0) is 45.7. The minimum absolute atomic E-state index is 0.145. The summed E-state index contributed by atoms with van der Waals surface area (Å²) in [6.45, 7) is 5.59. The molecule has 0 radical (unpaired) electrons. The Morgan fingerprint density at radius 2 is 0.984 bits per heavy atom. The Labute approximate surface area is 377 Å². The summed E-state index contributed by atoms with van der Waals surface area (Å²) in [6, 6.07) is 21.8. The molecule has 0 unspecified atom stereocenters. The minimum atomic E-state index is -0.246. The van der Waals surface area contributed by atoms with Crippen LogP contribution in [0.3, 0.4) is 0 Å². The van der Waals surface area contributed by atoms with Gasteiger partial charge in [0.05, 0.1) is 81.9 Å². The normalized spacial score (nSPS) is 20.2. The minimum Gasteiger partial charge on any atom is -0.493 e. The van der Waals surface area contributed by atoms with E-state index in [0.717, 1.165) is 59.4 Å². The molecule has 2 aliphatic rings. The number of carbonyl (C=O) groups is 2. The van der Waals surface area contributed by atoms with Crippen molar-refractivity contribution in [1.29, 1.82) is 0 Å². The number of esters is 2. The highest BCUT2D eigenvalue weighted by molar-refractivity contribution is 5.70. The number of nitrogens with zero attached hydrogens (tertiary/aromatic N) is 2. The molecule has 0 aliphatic carbocycles. The van der Waals surface area contributed by atoms with Crippen molar-refractivity contribution in [3.8, 4) is 23.0 Å². The molecular formula is C52H66F2N2O8+2. The summed E-state index contributed by atoms with van der Waals surface area (Å²) < 4.78 is 63.5. The van der Waals surface area contributed by atoms with E-state index in [1.807, 2.05) is 24.3 Å². The van der Waals surface area contributed by atoms with Crippen LogP contribution in [0.15, 0.2) is 84.9 Å². The van der Waals surface area contributed by atoms with Gasteiger partial charge < -0.3 is 37.4 Å². The molecule has 4 aromatic rings. The molecule has 0 saturated heterocycles. The van der Waals surface area contributed by atoms with E-state index < -0.39 is 0 Å². The molecule has 0 spiro atoms. The third-order valence-electron chi connectivity index (χ3n) is 12.7. The first-order valence-corrected chi connectivity index (χ1v) is 22.4. The molecule has 2 heterocycles. The van der Waals surface area contributed by atoms with E-state index >= 15 is 0 Å². The zero-order valence-electron chi connectivity index (χ0n) is 38.5. The van der Waals surface area contributed by atoms with E-state index in [9.17, 15) is 18.4 Å². The molecular weight excluding hydrogens is 819 g/mol. The standard InChI is InChI=1S/C52H66F2N2O8/c1-55(33-39(25-37-15-11-17-43(53)27-37)45-31-49(61-5)47(59-3)29-41(45)35-55)21-13-23-63-51(57)19-9-7-8-10-20-52(58)64-24-14-22-56(2)34-40(26-38-16-12-18-44(54)28-38)46-32-50(62-6)48(60-4)30-42(46)36-56/h7-8,11-12,15-18,27-32,39-40H,9-10,13-14,19-26,33-36H2,1-6H3/q+2/b8-7+/t39-,40-,55-,56+/m0/s1. The smallest absolute Gasteiger partial charge is 0.306 e. The molecule has 64 heavy (non-hydrogen) atoms. The Balaban J connectivity index is 0.889. The van der Waals surface area contributed by atoms with Gasteiger partial charge in [-0.3, -0.25) is 9.59 Å². The number of allylic oxidation sites excluding steroid dienone is 2. The molecule has 4 aromatic carbocycles. The molecule has 0 bridgehead atoms. The zero-order valence-corrected chi connectivity index (χ0v) is 38.5. The van der Waals surface area contributed by atoms with E-state index in [4.69, 9.17) is 28.4 Å². The molecule has 10 nitrogen and oxygen atoms in total. The Hall–Kier alpha value is -5.46. The van der Waals surface area contributed by atoms with Crippen LogP contribution in [0, 0.1) is 11.6 Å². The monoisotopic (exact) mass is 884 g/mol. The first-order valence-electron chi connectivity index (χ1n) is 22.4. The first kappa shape index (κ1) is 48.0. The number of methoxy groups -OCH3 is 4. The van der Waals surface area contributed by atoms with Crippen molar-refractivity contribution in [2.24, 2.45) is 0 Å². The van der Waals surface area contributed by atoms with Crippen molar-refractivity contribution < 1.29 is 55.8 Å². The number of likely N-dealkylation sites (N-methyl/N-ethyl adjacent to an activating group) is 2. The van der Waals surface area contributed by atoms with Gasteiger partial charge in [-0.2, -0.15) is 0 Å². The summed E-state index contributed by atoms with van der Waals surface area (Å²) in [6.07, 6.45) is 8.25. The number of fused-ring (bicyclic) bond motifs is 2. The summed E-state index contributed by atoms with van der Waals surface area (Å²) in [5.74, 6) is 2.05. The van der Waals surface area contributed by atoms with E-state index in [2.05, 4.69) is 38.4 Å². The van der Waals surface area contributed by atoms with Crippen LogP contribution in [0.25, 0.3) is 0 Å². The highest BCUT2D eigenvalue weighted by atomic mass is 19.1. The maximum atomic E-state index is 14.1. The number of ether oxygens (including phenoxy) is 6. The van der Waals surface area contributed by atoms with Gasteiger partial charge in [0.15, 0.2) is 23.0 Å². The van der Waals surface area contributed by atoms with Gasteiger partial charge in [0.25, 0.3) is 0 Å². The fourth-order valence-electron chi connectivity index (χ4n) is 9.75. The van der Waals surface area contributed by atoms with Crippen molar-refractivity contribution >= 4 is 11.9 Å². The van der Waals surface area contributed by atoms with Crippen LogP contribution in [0.2, 0.25) is 0 Å². The van der Waals surface area contributed by atoms with Crippen LogP contribution in [0.4, 0.5) is 8.78 Å². The summed E-state index contributed by atoms with van der Waals surface area (Å²) in [5.41, 5.74) is 6.64. The number of halogens is 2. The van der Waals surface area contributed by atoms with Gasteiger partial charge in [0.2, 0.25) is 0 Å². The lowest BCUT2D eigenvalue weighted by Crippen LogP contribution is -2.50. The number of hydrogen-bond donors (Lipinski definition) is 0. The molecule has 0 aromatic heterocycles. The second kappa shape index (κ2) is 22.4. The Morgan fingerprint density at radius 1 is 0.594 bits per heavy atom. The number of rotatable bonds is 22. The molecule has 0 fully saturated rings. The topological polar surface area (TPSA) is 89.5 Å². The van der Waals surface area contributed by atoms with Crippen LogP contribution >= 0.6 is 0 Å². The second-order valence-electron chi connectivity index (χ2n) is 17.9. The third kappa shape index (κ3) is 13.1. The molecule has 6 rings (SSSR count). The molecule has 4 atom stereocenters. The van der Waals surface area contributed by atoms with Crippen LogP contribution in [0.1, 0.15) is 83.7 Å². The molecule has 0 saturated carbocycles. The van der Waals surface area contributed by atoms with Gasteiger partial charge in [-0.15, -0.1) is 0 Å². The van der Waals surface area contributed by atoms with E-state index in [0.29, 0.717) is 74.7 Å². The van der Waals surface area contributed by atoms with Crippen molar-refractivity contribution in [3.63, 3.8) is 0 Å². The van der Waals surface area contributed by atoms with Crippen LogP contribution in [-0.2, 0) is 45.0 Å². The average Bonchev–Trinajstić information content (AvgIpc) is 3.27. The van der Waals surface area contributed by atoms with Crippen LogP contribution < -0.4 is 18.9 Å². The Bertz CT molecular complexity index is 2090. The van der Waals surface area contributed by atoms with Crippen molar-refractivity contribution in [2.45, 2.75) is 76.3 Å². The highest BCUT2D eigenvalue weighted by Crippen LogP contribution is 2.42. The fraction of sp³-hybridized carbons (Fsp3) is 0.462. The molecule has 0 N–H and O–H groups in total. The number of benzene rings is 4. The third-order valence-corrected chi connectivity index (χ3v) is 12.7.